The molecule has 2 N–H and O–H groups in total. The number of aryl methyl sites for hydroxylation is 1. The molecule has 3 heterocycles. The first-order valence-corrected chi connectivity index (χ1v) is 10.4. The Labute approximate surface area is 197 Å². The van der Waals surface area contributed by atoms with Gasteiger partial charge in [0.15, 0.2) is 5.82 Å². The molecule has 1 aliphatic heterocycles. The standard InChI is InChI=1S/C22H21F3N6O4/c1-30-18(9-10-26-30)15-7-8-16-20(28-15)31(11-19(32)27-16)21(33)29-17(12-34-2)13-3-5-14(6-4-13)35-22(23,24)25/h3-10,17H,11-12H2,1-2H3,(H,27,32)(H,29,33). The highest BCUT2D eigenvalue weighted by molar-refractivity contribution is 6.08. The van der Waals surface area contributed by atoms with E-state index in [2.05, 4.69) is 25.5 Å². The van der Waals surface area contributed by atoms with E-state index in [0.717, 1.165) is 12.1 Å². The number of hydrogen-bond donors (Lipinski definition) is 2. The van der Waals surface area contributed by atoms with E-state index in [9.17, 15) is 22.8 Å². The second-order valence-electron chi connectivity index (χ2n) is 7.62. The highest BCUT2D eigenvalue weighted by atomic mass is 19.4. The van der Waals surface area contributed by atoms with E-state index >= 15 is 0 Å². The number of hydrogen-bond acceptors (Lipinski definition) is 6. The van der Waals surface area contributed by atoms with E-state index in [0.29, 0.717) is 22.6 Å². The number of nitrogens with one attached hydrogen (secondary N) is 2. The van der Waals surface area contributed by atoms with Crippen molar-refractivity contribution in [2.75, 3.05) is 30.5 Å². The summed E-state index contributed by atoms with van der Waals surface area (Å²) in [5.74, 6) is -0.553. The molecule has 3 aromatic rings. The number of fused-ring (bicyclic) bond motifs is 1. The predicted molar refractivity (Wildman–Crippen MR) is 119 cm³/mol. The van der Waals surface area contributed by atoms with Gasteiger partial charge in [-0.3, -0.25) is 14.4 Å². The zero-order valence-electron chi connectivity index (χ0n) is 18.7. The summed E-state index contributed by atoms with van der Waals surface area (Å²) in [7, 11) is 3.18. The number of urea groups is 1. The summed E-state index contributed by atoms with van der Waals surface area (Å²) in [6, 6.07) is 8.83. The van der Waals surface area contributed by atoms with Gasteiger partial charge in [0, 0.05) is 20.4 Å². The Morgan fingerprint density at radius 1 is 1.20 bits per heavy atom. The molecule has 1 unspecified atom stereocenters. The van der Waals surface area contributed by atoms with Crippen molar-refractivity contribution < 1.29 is 32.2 Å². The quantitative estimate of drug-likeness (QED) is 0.549. The first kappa shape index (κ1) is 24.0. The van der Waals surface area contributed by atoms with Gasteiger partial charge in [-0.25, -0.2) is 9.78 Å². The number of carbonyl (C=O) groups is 2. The average Bonchev–Trinajstić information content (AvgIpc) is 3.23. The van der Waals surface area contributed by atoms with Crippen molar-refractivity contribution in [2.24, 2.45) is 7.05 Å². The van der Waals surface area contributed by atoms with Crippen molar-refractivity contribution in [1.82, 2.24) is 20.1 Å². The molecular weight excluding hydrogens is 469 g/mol. The molecule has 0 saturated heterocycles. The number of carbonyl (C=O) groups excluding carboxylic acids is 2. The average molecular weight is 490 g/mol. The molecule has 2 aromatic heterocycles. The Hall–Kier alpha value is -4.13. The third-order valence-corrected chi connectivity index (χ3v) is 5.18. The molecule has 0 radical (unpaired) electrons. The van der Waals surface area contributed by atoms with Crippen molar-refractivity contribution in [3.8, 4) is 17.1 Å². The number of nitrogens with zero attached hydrogens (tertiary/aromatic N) is 4. The fraction of sp³-hybridized carbons (Fsp3) is 0.273. The van der Waals surface area contributed by atoms with E-state index in [1.807, 2.05) is 0 Å². The molecule has 0 fully saturated rings. The molecule has 1 aromatic carbocycles. The van der Waals surface area contributed by atoms with E-state index < -0.39 is 30.1 Å². The highest BCUT2D eigenvalue weighted by Gasteiger charge is 2.32. The Morgan fingerprint density at radius 2 is 1.94 bits per heavy atom. The Kier molecular flexibility index (Phi) is 6.60. The summed E-state index contributed by atoms with van der Waals surface area (Å²) < 4.78 is 48.0. The lowest BCUT2D eigenvalue weighted by molar-refractivity contribution is -0.274. The first-order chi connectivity index (χ1) is 16.6. The molecule has 184 valence electrons. The Bertz CT molecular complexity index is 1230. The molecule has 0 saturated carbocycles. The number of aromatic nitrogens is 3. The van der Waals surface area contributed by atoms with Gasteiger partial charge >= 0.3 is 12.4 Å². The topological polar surface area (TPSA) is 111 Å². The van der Waals surface area contributed by atoms with Gasteiger partial charge in [0.05, 0.1) is 29.7 Å². The monoisotopic (exact) mass is 490 g/mol. The number of amides is 3. The Morgan fingerprint density at radius 3 is 2.57 bits per heavy atom. The summed E-state index contributed by atoms with van der Waals surface area (Å²) in [5.41, 5.74) is 2.10. The molecule has 0 spiro atoms. The summed E-state index contributed by atoms with van der Waals surface area (Å²) in [4.78, 5) is 31.2. The van der Waals surface area contributed by atoms with Crippen molar-refractivity contribution in [3.05, 3.63) is 54.2 Å². The minimum atomic E-state index is -4.81. The molecule has 1 atom stereocenters. The minimum absolute atomic E-state index is 0.0284. The van der Waals surface area contributed by atoms with Crippen LogP contribution in [0.4, 0.5) is 29.5 Å². The highest BCUT2D eigenvalue weighted by Crippen LogP contribution is 2.31. The summed E-state index contributed by atoms with van der Waals surface area (Å²) in [6.45, 7) is -0.251. The van der Waals surface area contributed by atoms with Crippen LogP contribution >= 0.6 is 0 Å². The van der Waals surface area contributed by atoms with Gasteiger partial charge in [-0.05, 0) is 35.9 Å². The molecule has 0 bridgehead atoms. The van der Waals surface area contributed by atoms with E-state index in [1.54, 1.807) is 36.1 Å². The fourth-order valence-corrected chi connectivity index (χ4v) is 3.61. The van der Waals surface area contributed by atoms with Crippen LogP contribution in [0.25, 0.3) is 11.4 Å². The van der Waals surface area contributed by atoms with Crippen LogP contribution in [-0.2, 0) is 16.6 Å². The first-order valence-electron chi connectivity index (χ1n) is 10.4. The molecule has 10 nitrogen and oxygen atoms in total. The number of anilines is 2. The van der Waals surface area contributed by atoms with Gasteiger partial charge < -0.3 is 20.1 Å². The maximum absolute atomic E-state index is 13.2. The van der Waals surface area contributed by atoms with E-state index in [4.69, 9.17) is 4.74 Å². The second-order valence-corrected chi connectivity index (χ2v) is 7.62. The molecule has 13 heteroatoms. The van der Waals surface area contributed by atoms with Gasteiger partial charge in [-0.1, -0.05) is 12.1 Å². The van der Waals surface area contributed by atoms with Crippen LogP contribution in [0, 0.1) is 0 Å². The van der Waals surface area contributed by atoms with Crippen molar-refractivity contribution in [2.45, 2.75) is 12.4 Å². The Balaban J connectivity index is 1.58. The van der Waals surface area contributed by atoms with Crippen LogP contribution in [0.1, 0.15) is 11.6 Å². The molecule has 3 amide bonds. The van der Waals surface area contributed by atoms with Crippen molar-refractivity contribution in [3.63, 3.8) is 0 Å². The normalized spacial score (nSPS) is 14.2. The van der Waals surface area contributed by atoms with Gasteiger partial charge in [-0.2, -0.15) is 5.10 Å². The number of ether oxygens (including phenoxy) is 2. The van der Waals surface area contributed by atoms with Gasteiger partial charge in [0.2, 0.25) is 5.91 Å². The summed E-state index contributed by atoms with van der Waals surface area (Å²) in [6.07, 6.45) is -3.20. The lowest BCUT2D eigenvalue weighted by Gasteiger charge is -2.30. The van der Waals surface area contributed by atoms with Crippen LogP contribution in [0.2, 0.25) is 0 Å². The smallest absolute Gasteiger partial charge is 0.406 e. The molecule has 1 aliphatic rings. The van der Waals surface area contributed by atoms with Crippen LogP contribution < -0.4 is 20.3 Å². The lowest BCUT2D eigenvalue weighted by Crippen LogP contribution is -2.49. The summed E-state index contributed by atoms with van der Waals surface area (Å²) in [5, 5.41) is 9.57. The SMILES string of the molecule is COCC(NC(=O)N1CC(=O)Nc2ccc(-c3ccnn3C)nc21)c1ccc(OC(F)(F)F)cc1. The zero-order valence-corrected chi connectivity index (χ0v) is 18.7. The lowest BCUT2D eigenvalue weighted by atomic mass is 10.1. The fourth-order valence-electron chi connectivity index (χ4n) is 3.61. The molecule has 35 heavy (non-hydrogen) atoms. The third-order valence-electron chi connectivity index (χ3n) is 5.18. The van der Waals surface area contributed by atoms with E-state index in [1.165, 1.54) is 24.1 Å². The second kappa shape index (κ2) is 9.62. The largest absolute Gasteiger partial charge is 0.573 e. The number of rotatable bonds is 6. The number of alkyl halides is 3. The number of benzene rings is 1. The maximum atomic E-state index is 13.2. The van der Waals surface area contributed by atoms with Gasteiger partial charge in [0.25, 0.3) is 0 Å². The van der Waals surface area contributed by atoms with E-state index in [-0.39, 0.29) is 19.0 Å². The number of pyridine rings is 1. The number of methoxy groups -OCH3 is 1. The molecule has 0 aliphatic carbocycles. The predicted octanol–water partition coefficient (Wildman–Crippen LogP) is 3.24. The van der Waals surface area contributed by atoms with Crippen molar-refractivity contribution >= 4 is 23.4 Å². The van der Waals surface area contributed by atoms with Gasteiger partial charge in [0.1, 0.15) is 12.3 Å². The molecular formula is C22H21F3N6O4. The maximum Gasteiger partial charge on any atom is 0.573 e. The minimum Gasteiger partial charge on any atom is -0.406 e. The van der Waals surface area contributed by atoms with Gasteiger partial charge in [-0.15, -0.1) is 13.2 Å². The van der Waals surface area contributed by atoms with Crippen LogP contribution in [0.5, 0.6) is 5.75 Å². The van der Waals surface area contributed by atoms with Crippen LogP contribution in [0.3, 0.4) is 0 Å². The molecule has 4 rings (SSSR count). The van der Waals surface area contributed by atoms with Crippen LogP contribution in [0.15, 0.2) is 48.7 Å². The zero-order chi connectivity index (χ0) is 25.2. The summed E-state index contributed by atoms with van der Waals surface area (Å²) >= 11 is 0. The number of halogens is 3. The van der Waals surface area contributed by atoms with Crippen LogP contribution in [-0.4, -0.2) is 53.3 Å². The van der Waals surface area contributed by atoms with Crippen molar-refractivity contribution in [1.29, 1.82) is 0 Å². The third kappa shape index (κ3) is 5.51.